The third-order valence-electron chi connectivity index (χ3n) is 2.97. The minimum Gasteiger partial charge on any atom is -0.451 e. The highest BCUT2D eigenvalue weighted by Crippen LogP contribution is 2.20. The molecular formula is C15H19NO2. The van der Waals surface area contributed by atoms with Crippen LogP contribution in [0.2, 0.25) is 0 Å². The third-order valence-corrected chi connectivity index (χ3v) is 2.97. The van der Waals surface area contributed by atoms with E-state index < -0.39 is 0 Å². The molecule has 0 saturated heterocycles. The minimum atomic E-state index is -0.125. The Bertz CT molecular complexity index is 542. The summed E-state index contributed by atoms with van der Waals surface area (Å²) in [6.45, 7) is 4.86. The minimum absolute atomic E-state index is 0.125. The van der Waals surface area contributed by atoms with Crippen molar-refractivity contribution in [1.29, 1.82) is 0 Å². The second-order valence-electron chi connectivity index (χ2n) is 4.61. The quantitative estimate of drug-likeness (QED) is 0.817. The average molecular weight is 245 g/mol. The third kappa shape index (κ3) is 2.92. The average Bonchev–Trinajstić information content (AvgIpc) is 2.77. The first kappa shape index (κ1) is 12.7. The predicted octanol–water partition coefficient (Wildman–Crippen LogP) is 3.66. The zero-order valence-electron chi connectivity index (χ0n) is 11.0. The number of aryl methyl sites for hydroxylation is 1. The van der Waals surface area contributed by atoms with Gasteiger partial charge in [0.1, 0.15) is 5.58 Å². The molecule has 1 amide bonds. The van der Waals surface area contributed by atoms with Crippen molar-refractivity contribution >= 4 is 16.9 Å². The predicted molar refractivity (Wildman–Crippen MR) is 72.8 cm³/mol. The van der Waals surface area contributed by atoms with Crippen molar-refractivity contribution in [3.8, 4) is 0 Å². The lowest BCUT2D eigenvalue weighted by Gasteiger charge is -2.01. The van der Waals surface area contributed by atoms with Gasteiger partial charge < -0.3 is 9.73 Å². The molecule has 2 aromatic rings. The smallest absolute Gasteiger partial charge is 0.287 e. The SMILES string of the molecule is CCCCCNC(=O)c1cc2ccc(C)cc2o1. The zero-order valence-corrected chi connectivity index (χ0v) is 11.0. The molecule has 96 valence electrons. The van der Waals surface area contributed by atoms with Crippen molar-refractivity contribution in [3.63, 3.8) is 0 Å². The molecule has 3 nitrogen and oxygen atoms in total. The van der Waals surface area contributed by atoms with Crippen molar-refractivity contribution in [1.82, 2.24) is 5.32 Å². The standard InChI is InChI=1S/C15H19NO2/c1-3-4-5-8-16-15(17)14-10-12-7-6-11(2)9-13(12)18-14/h6-7,9-10H,3-5,8H2,1-2H3,(H,16,17). The van der Waals surface area contributed by atoms with E-state index in [9.17, 15) is 4.79 Å². The lowest BCUT2D eigenvalue weighted by Crippen LogP contribution is -2.23. The Morgan fingerprint density at radius 1 is 1.28 bits per heavy atom. The molecule has 0 atom stereocenters. The van der Waals surface area contributed by atoms with Gasteiger partial charge in [-0.2, -0.15) is 0 Å². The van der Waals surface area contributed by atoms with Crippen LogP contribution in [0, 0.1) is 6.92 Å². The lowest BCUT2D eigenvalue weighted by atomic mass is 10.2. The first-order chi connectivity index (χ1) is 8.70. The monoisotopic (exact) mass is 245 g/mol. The van der Waals surface area contributed by atoms with E-state index in [1.54, 1.807) is 6.07 Å². The van der Waals surface area contributed by atoms with Gasteiger partial charge in [-0.25, -0.2) is 0 Å². The summed E-state index contributed by atoms with van der Waals surface area (Å²) in [5.41, 5.74) is 1.90. The summed E-state index contributed by atoms with van der Waals surface area (Å²) < 4.78 is 5.56. The van der Waals surface area contributed by atoms with E-state index in [2.05, 4.69) is 12.2 Å². The molecule has 0 unspecified atom stereocenters. The fourth-order valence-electron chi connectivity index (χ4n) is 1.91. The van der Waals surface area contributed by atoms with Crippen LogP contribution in [0.15, 0.2) is 28.7 Å². The summed E-state index contributed by atoms with van der Waals surface area (Å²) in [5.74, 6) is 0.270. The van der Waals surface area contributed by atoms with Crippen LogP contribution in [-0.4, -0.2) is 12.5 Å². The Morgan fingerprint density at radius 3 is 2.89 bits per heavy atom. The Hall–Kier alpha value is -1.77. The molecule has 3 heteroatoms. The summed E-state index contributed by atoms with van der Waals surface area (Å²) >= 11 is 0. The Balaban J connectivity index is 2.04. The number of furan rings is 1. The Labute approximate surface area is 107 Å². The normalized spacial score (nSPS) is 10.8. The van der Waals surface area contributed by atoms with Gasteiger partial charge in [-0.3, -0.25) is 4.79 Å². The van der Waals surface area contributed by atoms with Crippen LogP contribution in [0.5, 0.6) is 0 Å². The molecule has 0 bridgehead atoms. The first-order valence-corrected chi connectivity index (χ1v) is 6.49. The van der Waals surface area contributed by atoms with Crippen LogP contribution in [0.3, 0.4) is 0 Å². The highest BCUT2D eigenvalue weighted by molar-refractivity contribution is 5.96. The summed E-state index contributed by atoms with van der Waals surface area (Å²) in [6.07, 6.45) is 3.31. The molecule has 1 N–H and O–H groups in total. The van der Waals surface area contributed by atoms with Gasteiger partial charge in [0.15, 0.2) is 5.76 Å². The van der Waals surface area contributed by atoms with E-state index in [0.717, 1.165) is 35.8 Å². The van der Waals surface area contributed by atoms with Crippen LogP contribution in [0.1, 0.15) is 42.3 Å². The molecule has 0 saturated carbocycles. The number of carbonyl (C=O) groups excluding carboxylic acids is 1. The number of nitrogens with one attached hydrogen (secondary N) is 1. The van der Waals surface area contributed by atoms with Gasteiger partial charge in [-0.05, 0) is 31.0 Å². The maximum Gasteiger partial charge on any atom is 0.287 e. The number of hydrogen-bond acceptors (Lipinski definition) is 2. The molecule has 2 rings (SSSR count). The van der Waals surface area contributed by atoms with Gasteiger partial charge in [-0.1, -0.05) is 31.9 Å². The second-order valence-corrected chi connectivity index (χ2v) is 4.61. The van der Waals surface area contributed by atoms with Gasteiger partial charge in [0.25, 0.3) is 5.91 Å². The van der Waals surface area contributed by atoms with Gasteiger partial charge in [-0.15, -0.1) is 0 Å². The van der Waals surface area contributed by atoms with Crippen molar-refractivity contribution in [2.45, 2.75) is 33.1 Å². The highest BCUT2D eigenvalue weighted by Gasteiger charge is 2.11. The maximum absolute atomic E-state index is 11.9. The molecule has 18 heavy (non-hydrogen) atoms. The van der Waals surface area contributed by atoms with Gasteiger partial charge in [0, 0.05) is 11.9 Å². The van der Waals surface area contributed by atoms with E-state index in [0.29, 0.717) is 12.3 Å². The van der Waals surface area contributed by atoms with E-state index in [4.69, 9.17) is 4.42 Å². The Kier molecular flexibility index (Phi) is 4.03. The number of rotatable bonds is 5. The largest absolute Gasteiger partial charge is 0.451 e. The summed E-state index contributed by atoms with van der Waals surface area (Å²) in [7, 11) is 0. The molecule has 1 heterocycles. The molecular weight excluding hydrogens is 226 g/mol. The van der Waals surface area contributed by atoms with Gasteiger partial charge in [0.05, 0.1) is 0 Å². The molecule has 1 aromatic carbocycles. The molecule has 1 aromatic heterocycles. The van der Waals surface area contributed by atoms with Crippen LogP contribution in [0.25, 0.3) is 11.0 Å². The number of amides is 1. The number of benzene rings is 1. The Morgan fingerprint density at radius 2 is 2.11 bits per heavy atom. The van der Waals surface area contributed by atoms with E-state index in [-0.39, 0.29) is 5.91 Å². The molecule has 0 fully saturated rings. The van der Waals surface area contributed by atoms with Crippen LogP contribution >= 0.6 is 0 Å². The maximum atomic E-state index is 11.9. The fourth-order valence-corrected chi connectivity index (χ4v) is 1.91. The van der Waals surface area contributed by atoms with Gasteiger partial charge >= 0.3 is 0 Å². The van der Waals surface area contributed by atoms with E-state index in [1.807, 2.05) is 25.1 Å². The van der Waals surface area contributed by atoms with Crippen LogP contribution in [-0.2, 0) is 0 Å². The van der Waals surface area contributed by atoms with Crippen molar-refractivity contribution < 1.29 is 9.21 Å². The molecule has 0 aliphatic heterocycles. The molecule has 0 spiro atoms. The van der Waals surface area contributed by atoms with Crippen molar-refractivity contribution in [2.24, 2.45) is 0 Å². The first-order valence-electron chi connectivity index (χ1n) is 6.49. The lowest BCUT2D eigenvalue weighted by molar-refractivity contribution is 0.0927. The second kappa shape index (κ2) is 5.71. The molecule has 0 aliphatic carbocycles. The number of unbranched alkanes of at least 4 members (excludes halogenated alkanes) is 2. The van der Waals surface area contributed by atoms with E-state index in [1.165, 1.54) is 0 Å². The topological polar surface area (TPSA) is 42.2 Å². The van der Waals surface area contributed by atoms with Gasteiger partial charge in [0.2, 0.25) is 0 Å². The zero-order chi connectivity index (χ0) is 13.0. The van der Waals surface area contributed by atoms with E-state index >= 15 is 0 Å². The number of carbonyl (C=O) groups is 1. The molecule has 0 aliphatic rings. The summed E-state index contributed by atoms with van der Waals surface area (Å²) in [4.78, 5) is 11.9. The van der Waals surface area contributed by atoms with Crippen LogP contribution in [0.4, 0.5) is 0 Å². The van der Waals surface area contributed by atoms with Crippen LogP contribution < -0.4 is 5.32 Å². The fraction of sp³-hybridized carbons (Fsp3) is 0.400. The number of hydrogen-bond donors (Lipinski definition) is 1. The summed E-state index contributed by atoms with van der Waals surface area (Å²) in [5, 5.41) is 3.85. The molecule has 0 radical (unpaired) electrons. The number of fused-ring (bicyclic) bond motifs is 1. The summed E-state index contributed by atoms with van der Waals surface area (Å²) in [6, 6.07) is 7.73. The van der Waals surface area contributed by atoms with Crippen molar-refractivity contribution in [2.75, 3.05) is 6.54 Å². The van der Waals surface area contributed by atoms with Crippen molar-refractivity contribution in [3.05, 3.63) is 35.6 Å². The highest BCUT2D eigenvalue weighted by atomic mass is 16.3.